The second-order valence-corrected chi connectivity index (χ2v) is 10.4. The fraction of sp³-hybridized carbons (Fsp3) is 0.367. The third kappa shape index (κ3) is 6.08. The van der Waals surface area contributed by atoms with Gasteiger partial charge in [-0.15, -0.1) is 0 Å². The molecule has 11 heteroatoms. The quantitative estimate of drug-likeness (QED) is 0.337. The number of carbonyl (C=O) groups is 2. The number of benzene rings is 1. The third-order valence-electron chi connectivity index (χ3n) is 7.77. The molecule has 1 aliphatic heterocycles. The Bertz CT molecular complexity index is 1540. The van der Waals surface area contributed by atoms with Crippen LogP contribution in [-0.4, -0.2) is 81.4 Å². The molecule has 1 aromatic carbocycles. The minimum Gasteiger partial charge on any atom is -0.369 e. The van der Waals surface area contributed by atoms with Crippen LogP contribution in [0.3, 0.4) is 0 Å². The predicted octanol–water partition coefficient (Wildman–Crippen LogP) is 3.50. The maximum atomic E-state index is 12.3. The van der Waals surface area contributed by atoms with Crippen LogP contribution in [0.25, 0.3) is 22.2 Å². The molecule has 0 aliphatic carbocycles. The van der Waals surface area contributed by atoms with Crippen molar-refractivity contribution in [1.29, 1.82) is 0 Å². The molecule has 1 saturated heterocycles. The first-order chi connectivity index (χ1) is 19.9. The summed E-state index contributed by atoms with van der Waals surface area (Å²) >= 11 is 0. The maximum Gasteiger partial charge on any atom is 0.251 e. The van der Waals surface area contributed by atoms with Crippen LogP contribution in [0.2, 0.25) is 0 Å². The lowest BCUT2D eigenvalue weighted by Gasteiger charge is -2.36. The molecule has 1 fully saturated rings. The number of hydrogen-bond acceptors (Lipinski definition) is 9. The molecule has 5 rings (SSSR count). The molecule has 0 radical (unpaired) electrons. The third-order valence-corrected chi connectivity index (χ3v) is 7.77. The predicted molar refractivity (Wildman–Crippen MR) is 159 cm³/mol. The SMILES string of the molecule is CNC(=O)c1ccnc2c([C@H](C)CNc3cc(-c4cnc(N(C)C5CCN(C(C)=O)CC5)nc4)ncn3)cccc12. The number of rotatable bonds is 8. The molecule has 0 spiro atoms. The van der Waals surface area contributed by atoms with Crippen LogP contribution in [0.15, 0.2) is 55.2 Å². The normalized spacial score (nSPS) is 14.5. The van der Waals surface area contributed by atoms with Gasteiger partial charge in [0, 0.05) is 88.2 Å². The van der Waals surface area contributed by atoms with Gasteiger partial charge in [0.2, 0.25) is 11.9 Å². The van der Waals surface area contributed by atoms with E-state index in [0.717, 1.165) is 53.7 Å². The summed E-state index contributed by atoms with van der Waals surface area (Å²) in [6, 6.07) is 9.85. The monoisotopic (exact) mass is 553 g/mol. The zero-order valence-electron chi connectivity index (χ0n) is 23.8. The van der Waals surface area contributed by atoms with Crippen LogP contribution in [-0.2, 0) is 4.79 Å². The van der Waals surface area contributed by atoms with Crippen LogP contribution in [0, 0.1) is 0 Å². The Labute approximate surface area is 239 Å². The van der Waals surface area contributed by atoms with Crippen LogP contribution in [0.5, 0.6) is 0 Å². The number of pyridine rings is 1. The van der Waals surface area contributed by atoms with E-state index < -0.39 is 0 Å². The van der Waals surface area contributed by atoms with Gasteiger partial charge in [-0.1, -0.05) is 25.1 Å². The highest BCUT2D eigenvalue weighted by Gasteiger charge is 2.25. The summed E-state index contributed by atoms with van der Waals surface area (Å²) in [5, 5.41) is 6.94. The highest BCUT2D eigenvalue weighted by molar-refractivity contribution is 6.06. The average molecular weight is 554 g/mol. The van der Waals surface area contributed by atoms with Crippen molar-refractivity contribution >= 4 is 34.5 Å². The summed E-state index contributed by atoms with van der Waals surface area (Å²) in [6.07, 6.45) is 8.55. The topological polar surface area (TPSA) is 129 Å². The van der Waals surface area contributed by atoms with Gasteiger partial charge in [0.15, 0.2) is 0 Å². The van der Waals surface area contributed by atoms with E-state index in [1.165, 1.54) is 6.33 Å². The van der Waals surface area contributed by atoms with Crippen molar-refractivity contribution in [2.24, 2.45) is 0 Å². The first-order valence-corrected chi connectivity index (χ1v) is 13.8. The van der Waals surface area contributed by atoms with Gasteiger partial charge >= 0.3 is 0 Å². The van der Waals surface area contributed by atoms with Gasteiger partial charge in [-0.3, -0.25) is 14.6 Å². The summed E-state index contributed by atoms with van der Waals surface area (Å²) in [6.45, 7) is 5.86. The van der Waals surface area contributed by atoms with E-state index in [4.69, 9.17) is 0 Å². The van der Waals surface area contributed by atoms with Gasteiger partial charge in [0.1, 0.15) is 12.1 Å². The van der Waals surface area contributed by atoms with E-state index in [-0.39, 0.29) is 17.7 Å². The van der Waals surface area contributed by atoms with Gasteiger partial charge in [-0.05, 0) is 24.5 Å². The summed E-state index contributed by atoms with van der Waals surface area (Å²) in [4.78, 5) is 50.6. The Kier molecular flexibility index (Phi) is 8.32. The van der Waals surface area contributed by atoms with Crippen LogP contribution in [0.4, 0.5) is 11.8 Å². The van der Waals surface area contributed by atoms with E-state index in [0.29, 0.717) is 29.9 Å². The van der Waals surface area contributed by atoms with Crippen molar-refractivity contribution in [3.05, 3.63) is 66.4 Å². The number of piperidine rings is 1. The van der Waals surface area contributed by atoms with Crippen molar-refractivity contribution in [3.8, 4) is 11.3 Å². The van der Waals surface area contributed by atoms with Crippen LogP contribution >= 0.6 is 0 Å². The summed E-state index contributed by atoms with van der Waals surface area (Å²) in [5.41, 5.74) is 4.00. The molecule has 1 aliphatic rings. The minimum atomic E-state index is -0.132. The molecule has 4 aromatic rings. The van der Waals surface area contributed by atoms with Crippen molar-refractivity contribution in [2.45, 2.75) is 38.6 Å². The lowest BCUT2D eigenvalue weighted by Crippen LogP contribution is -2.45. The number of amides is 2. The smallest absolute Gasteiger partial charge is 0.251 e. The van der Waals surface area contributed by atoms with Gasteiger partial charge in [-0.25, -0.2) is 19.9 Å². The van der Waals surface area contributed by atoms with E-state index in [9.17, 15) is 9.59 Å². The van der Waals surface area contributed by atoms with Gasteiger partial charge in [0.25, 0.3) is 5.91 Å². The van der Waals surface area contributed by atoms with Crippen molar-refractivity contribution in [1.82, 2.24) is 35.1 Å². The number of aromatic nitrogens is 5. The van der Waals surface area contributed by atoms with E-state index in [2.05, 4.69) is 47.4 Å². The Balaban J connectivity index is 1.25. The van der Waals surface area contributed by atoms with Gasteiger partial charge < -0.3 is 20.4 Å². The zero-order valence-corrected chi connectivity index (χ0v) is 23.8. The highest BCUT2D eigenvalue weighted by atomic mass is 16.2. The molecule has 11 nitrogen and oxygen atoms in total. The van der Waals surface area contributed by atoms with Crippen LogP contribution < -0.4 is 15.5 Å². The van der Waals surface area contributed by atoms with E-state index in [1.807, 2.05) is 36.2 Å². The lowest BCUT2D eigenvalue weighted by molar-refractivity contribution is -0.129. The Morgan fingerprint density at radius 2 is 1.83 bits per heavy atom. The molecule has 0 bridgehead atoms. The van der Waals surface area contributed by atoms with Crippen LogP contribution in [0.1, 0.15) is 48.5 Å². The van der Waals surface area contributed by atoms with Crippen molar-refractivity contribution < 1.29 is 9.59 Å². The first kappa shape index (κ1) is 27.9. The molecule has 3 aromatic heterocycles. The Hall–Kier alpha value is -4.67. The second-order valence-electron chi connectivity index (χ2n) is 10.4. The second kappa shape index (κ2) is 12.2. The fourth-order valence-electron chi connectivity index (χ4n) is 5.28. The Morgan fingerprint density at radius 1 is 1.07 bits per heavy atom. The van der Waals surface area contributed by atoms with E-state index in [1.54, 1.807) is 38.6 Å². The molecule has 212 valence electrons. The molecule has 2 amide bonds. The number of hydrogen-bond donors (Lipinski definition) is 2. The molecule has 0 unspecified atom stereocenters. The highest BCUT2D eigenvalue weighted by Crippen LogP contribution is 2.27. The van der Waals surface area contributed by atoms with Gasteiger partial charge in [-0.2, -0.15) is 0 Å². The number of para-hydroxylation sites is 1. The number of anilines is 2. The Morgan fingerprint density at radius 3 is 2.54 bits per heavy atom. The minimum absolute atomic E-state index is 0.102. The fourth-order valence-corrected chi connectivity index (χ4v) is 5.28. The largest absolute Gasteiger partial charge is 0.369 e. The molecule has 0 saturated carbocycles. The van der Waals surface area contributed by atoms with Crippen molar-refractivity contribution in [3.63, 3.8) is 0 Å². The van der Waals surface area contributed by atoms with Gasteiger partial charge in [0.05, 0.1) is 16.8 Å². The molecule has 1 atom stereocenters. The van der Waals surface area contributed by atoms with Crippen molar-refractivity contribution in [2.75, 3.05) is 43.9 Å². The zero-order chi connectivity index (χ0) is 28.9. The molecule has 4 heterocycles. The lowest BCUT2D eigenvalue weighted by atomic mass is 9.96. The maximum absolute atomic E-state index is 12.3. The number of nitrogens with zero attached hydrogens (tertiary/aromatic N) is 7. The summed E-state index contributed by atoms with van der Waals surface area (Å²) in [5.74, 6) is 1.44. The molecule has 2 N–H and O–H groups in total. The van der Waals surface area contributed by atoms with E-state index >= 15 is 0 Å². The molecular formula is C30H35N9O2. The average Bonchev–Trinajstić information content (AvgIpc) is 3.02. The standard InChI is InChI=1S/C30H35N9O2/c1-19(23-6-5-7-24-25(29(41)31-3)8-11-32-28(23)24)15-33-27-14-26(36-18-37-27)21-16-34-30(35-17-21)38(4)22-9-12-39(13-10-22)20(2)40/h5-8,11,14,16-19,22H,9-10,12-13,15H2,1-4H3,(H,31,41)(H,33,36,37)/t19-/m1/s1. The number of carbonyl (C=O) groups excluding carboxylic acids is 2. The molecule has 41 heavy (non-hydrogen) atoms. The number of fused-ring (bicyclic) bond motifs is 1. The number of nitrogens with one attached hydrogen (secondary N) is 2. The number of likely N-dealkylation sites (tertiary alicyclic amines) is 1. The summed E-state index contributed by atoms with van der Waals surface area (Å²) in [7, 11) is 3.63. The summed E-state index contributed by atoms with van der Waals surface area (Å²) < 4.78 is 0. The first-order valence-electron chi connectivity index (χ1n) is 13.8. The molecular weight excluding hydrogens is 518 g/mol.